The molecule has 2 aromatic rings. The van der Waals surface area contributed by atoms with E-state index in [0.717, 1.165) is 30.9 Å². The Morgan fingerprint density at radius 2 is 2.19 bits per heavy atom. The summed E-state index contributed by atoms with van der Waals surface area (Å²) in [6, 6.07) is 7.45. The van der Waals surface area contributed by atoms with Crippen LogP contribution in [-0.4, -0.2) is 23.1 Å². The molecule has 4 heteroatoms. The zero-order valence-electron chi connectivity index (χ0n) is 8.86. The van der Waals surface area contributed by atoms with E-state index in [1.54, 1.807) is 6.07 Å². The first-order valence-electron chi connectivity index (χ1n) is 5.54. The van der Waals surface area contributed by atoms with Crippen LogP contribution in [0.4, 0.5) is 0 Å². The third kappa shape index (κ3) is 1.51. The lowest BCUT2D eigenvalue weighted by Gasteiger charge is -2.07. The molecule has 1 aliphatic heterocycles. The number of aromatic amines is 1. The third-order valence-electron chi connectivity index (χ3n) is 3.08. The Hall–Kier alpha value is -1.68. The predicted octanol–water partition coefficient (Wildman–Crippen LogP) is 1.000. The van der Waals surface area contributed by atoms with Gasteiger partial charge in [0.05, 0.1) is 10.9 Å². The van der Waals surface area contributed by atoms with Crippen LogP contribution in [0.2, 0.25) is 0 Å². The molecule has 1 aromatic heterocycles. The van der Waals surface area contributed by atoms with Gasteiger partial charge in [-0.3, -0.25) is 4.79 Å². The molecule has 1 atom stereocenters. The van der Waals surface area contributed by atoms with Crippen LogP contribution in [0.25, 0.3) is 10.9 Å². The second kappa shape index (κ2) is 3.72. The van der Waals surface area contributed by atoms with E-state index >= 15 is 0 Å². The minimum Gasteiger partial charge on any atom is -0.316 e. The summed E-state index contributed by atoms with van der Waals surface area (Å²) in [6.07, 6.45) is 1.04. The van der Waals surface area contributed by atoms with Crippen LogP contribution < -0.4 is 10.9 Å². The number of hydrogen-bond acceptors (Lipinski definition) is 3. The lowest BCUT2D eigenvalue weighted by molar-refractivity contribution is 0.703. The van der Waals surface area contributed by atoms with Crippen molar-refractivity contribution >= 4 is 10.9 Å². The SMILES string of the molecule is O=c1[nH]c(C2CCNC2)nc2ccccc12. The third-order valence-corrected chi connectivity index (χ3v) is 3.08. The Morgan fingerprint density at radius 1 is 1.31 bits per heavy atom. The number of aromatic nitrogens is 2. The molecule has 3 rings (SSSR count). The van der Waals surface area contributed by atoms with Crippen molar-refractivity contribution in [3.8, 4) is 0 Å². The van der Waals surface area contributed by atoms with Gasteiger partial charge in [0.25, 0.3) is 5.56 Å². The lowest BCUT2D eigenvalue weighted by atomic mass is 10.1. The molecule has 1 aromatic carbocycles. The number of rotatable bonds is 1. The second-order valence-corrected chi connectivity index (χ2v) is 4.16. The fraction of sp³-hybridized carbons (Fsp3) is 0.333. The summed E-state index contributed by atoms with van der Waals surface area (Å²) in [4.78, 5) is 19.2. The molecule has 82 valence electrons. The molecule has 0 bridgehead atoms. The van der Waals surface area contributed by atoms with Crippen molar-refractivity contribution in [2.75, 3.05) is 13.1 Å². The van der Waals surface area contributed by atoms with Crippen molar-refractivity contribution in [1.82, 2.24) is 15.3 Å². The van der Waals surface area contributed by atoms with Crippen molar-refractivity contribution in [1.29, 1.82) is 0 Å². The topological polar surface area (TPSA) is 57.8 Å². The molecular formula is C12H13N3O. The van der Waals surface area contributed by atoms with E-state index in [4.69, 9.17) is 0 Å². The van der Waals surface area contributed by atoms with Gasteiger partial charge in [0.1, 0.15) is 5.82 Å². The summed E-state index contributed by atoms with van der Waals surface area (Å²) < 4.78 is 0. The van der Waals surface area contributed by atoms with Crippen molar-refractivity contribution in [3.05, 3.63) is 40.4 Å². The zero-order chi connectivity index (χ0) is 11.0. The Bertz CT molecular complexity index is 570. The average Bonchev–Trinajstić information content (AvgIpc) is 2.82. The Morgan fingerprint density at radius 3 is 3.00 bits per heavy atom. The molecule has 0 spiro atoms. The molecule has 16 heavy (non-hydrogen) atoms. The summed E-state index contributed by atoms with van der Waals surface area (Å²) in [5.74, 6) is 1.16. The number of para-hydroxylation sites is 1. The van der Waals surface area contributed by atoms with Crippen LogP contribution >= 0.6 is 0 Å². The number of hydrogen-bond donors (Lipinski definition) is 2. The molecule has 4 nitrogen and oxygen atoms in total. The largest absolute Gasteiger partial charge is 0.316 e. The highest BCUT2D eigenvalue weighted by molar-refractivity contribution is 5.77. The van der Waals surface area contributed by atoms with E-state index in [2.05, 4.69) is 15.3 Å². The zero-order valence-corrected chi connectivity index (χ0v) is 8.86. The van der Waals surface area contributed by atoms with Gasteiger partial charge in [0.2, 0.25) is 0 Å². The maximum atomic E-state index is 11.8. The van der Waals surface area contributed by atoms with E-state index in [9.17, 15) is 4.79 Å². The summed E-state index contributed by atoms with van der Waals surface area (Å²) >= 11 is 0. The highest BCUT2D eigenvalue weighted by Crippen LogP contribution is 2.18. The van der Waals surface area contributed by atoms with Gasteiger partial charge in [0, 0.05) is 12.5 Å². The van der Waals surface area contributed by atoms with Crippen molar-refractivity contribution in [2.24, 2.45) is 0 Å². The van der Waals surface area contributed by atoms with Gasteiger partial charge >= 0.3 is 0 Å². The van der Waals surface area contributed by atoms with Gasteiger partial charge in [-0.2, -0.15) is 0 Å². The highest BCUT2D eigenvalue weighted by Gasteiger charge is 2.19. The summed E-state index contributed by atoms with van der Waals surface area (Å²) in [7, 11) is 0. The fourth-order valence-electron chi connectivity index (χ4n) is 2.19. The molecule has 1 aliphatic rings. The Kier molecular flexibility index (Phi) is 2.22. The second-order valence-electron chi connectivity index (χ2n) is 4.16. The van der Waals surface area contributed by atoms with Crippen molar-refractivity contribution in [2.45, 2.75) is 12.3 Å². The summed E-state index contributed by atoms with van der Waals surface area (Å²) in [5, 5.41) is 3.94. The van der Waals surface area contributed by atoms with Gasteiger partial charge in [-0.1, -0.05) is 12.1 Å². The van der Waals surface area contributed by atoms with Crippen LogP contribution in [0, 0.1) is 0 Å². The minimum absolute atomic E-state index is 0.0347. The average molecular weight is 215 g/mol. The van der Waals surface area contributed by atoms with E-state index in [-0.39, 0.29) is 5.56 Å². The molecule has 1 fully saturated rings. The van der Waals surface area contributed by atoms with E-state index in [1.807, 2.05) is 18.2 Å². The lowest BCUT2D eigenvalue weighted by Crippen LogP contribution is -2.16. The number of nitrogens with one attached hydrogen (secondary N) is 2. The summed E-state index contributed by atoms with van der Waals surface area (Å²) in [5.41, 5.74) is 0.751. The van der Waals surface area contributed by atoms with Gasteiger partial charge < -0.3 is 10.3 Å². The summed E-state index contributed by atoms with van der Waals surface area (Å²) in [6.45, 7) is 1.91. The molecule has 0 saturated carbocycles. The van der Waals surface area contributed by atoms with Crippen LogP contribution in [0.1, 0.15) is 18.2 Å². The van der Waals surface area contributed by atoms with E-state index in [0.29, 0.717) is 11.3 Å². The van der Waals surface area contributed by atoms with Crippen molar-refractivity contribution in [3.63, 3.8) is 0 Å². The highest BCUT2D eigenvalue weighted by atomic mass is 16.1. The maximum Gasteiger partial charge on any atom is 0.258 e. The normalized spacial score (nSPS) is 20.4. The Balaban J connectivity index is 2.17. The van der Waals surface area contributed by atoms with Gasteiger partial charge in [-0.05, 0) is 25.1 Å². The number of H-pyrrole nitrogens is 1. The van der Waals surface area contributed by atoms with Gasteiger partial charge in [-0.15, -0.1) is 0 Å². The monoisotopic (exact) mass is 215 g/mol. The first kappa shape index (κ1) is 9.54. The smallest absolute Gasteiger partial charge is 0.258 e. The standard InChI is InChI=1S/C12H13N3O/c16-12-9-3-1-2-4-10(9)14-11(15-12)8-5-6-13-7-8/h1-4,8,13H,5-7H2,(H,14,15,16). The van der Waals surface area contributed by atoms with E-state index < -0.39 is 0 Å². The van der Waals surface area contributed by atoms with Crippen LogP contribution in [0.3, 0.4) is 0 Å². The fourth-order valence-corrected chi connectivity index (χ4v) is 2.19. The quantitative estimate of drug-likeness (QED) is 0.746. The van der Waals surface area contributed by atoms with Crippen LogP contribution in [-0.2, 0) is 0 Å². The van der Waals surface area contributed by atoms with E-state index in [1.165, 1.54) is 0 Å². The first-order valence-corrected chi connectivity index (χ1v) is 5.54. The van der Waals surface area contributed by atoms with Gasteiger partial charge in [0.15, 0.2) is 0 Å². The van der Waals surface area contributed by atoms with Crippen LogP contribution in [0.5, 0.6) is 0 Å². The minimum atomic E-state index is -0.0347. The number of fused-ring (bicyclic) bond motifs is 1. The molecule has 2 heterocycles. The van der Waals surface area contributed by atoms with Crippen molar-refractivity contribution < 1.29 is 0 Å². The number of nitrogens with zero attached hydrogens (tertiary/aromatic N) is 1. The van der Waals surface area contributed by atoms with Gasteiger partial charge in [-0.25, -0.2) is 4.98 Å². The number of benzene rings is 1. The predicted molar refractivity (Wildman–Crippen MR) is 62.6 cm³/mol. The molecule has 0 amide bonds. The molecule has 1 saturated heterocycles. The molecule has 1 unspecified atom stereocenters. The molecular weight excluding hydrogens is 202 g/mol. The maximum absolute atomic E-state index is 11.8. The molecule has 0 aliphatic carbocycles. The van der Waals surface area contributed by atoms with Crippen LogP contribution in [0.15, 0.2) is 29.1 Å². The first-order chi connectivity index (χ1) is 7.84. The molecule has 0 radical (unpaired) electrons. The molecule has 2 N–H and O–H groups in total. The Labute approximate surface area is 92.7 Å².